The molecule has 0 amide bonds. The Hall–Kier alpha value is -2.10. The molecule has 0 atom stereocenters. The second-order valence-corrected chi connectivity index (χ2v) is 5.36. The molecule has 1 aromatic carbocycles. The number of hydrogen-bond donors (Lipinski definition) is 1. The number of halogens is 1. The number of nitrogen functional groups attached to an aromatic ring is 1. The minimum absolute atomic E-state index is 0.284. The predicted molar refractivity (Wildman–Crippen MR) is 78.9 cm³/mol. The molecule has 0 bridgehead atoms. The van der Waals surface area contributed by atoms with Crippen LogP contribution in [0.2, 0.25) is 0 Å². The van der Waals surface area contributed by atoms with Crippen LogP contribution < -0.4 is 5.73 Å². The van der Waals surface area contributed by atoms with Crippen molar-refractivity contribution < 1.29 is 4.39 Å². The van der Waals surface area contributed by atoms with Gasteiger partial charge in [-0.25, -0.2) is 9.37 Å². The number of aryl methyl sites for hydroxylation is 1. The standard InChI is InChI=1S/C16H18FN3/c1-3-8-20-15(18)14(19-16(20)11-5-6-11)12-9-10(2)4-7-13(12)17/h3-4,7,9,11H,1,5-6,8,18H2,2H3. The van der Waals surface area contributed by atoms with Gasteiger partial charge in [0.15, 0.2) is 0 Å². The predicted octanol–water partition coefficient (Wildman–Crippen LogP) is 3.64. The van der Waals surface area contributed by atoms with Crippen molar-refractivity contribution in [3.8, 4) is 11.3 Å². The average Bonchev–Trinajstić information content (AvgIpc) is 3.21. The first-order valence-electron chi connectivity index (χ1n) is 6.85. The van der Waals surface area contributed by atoms with Gasteiger partial charge in [0.2, 0.25) is 0 Å². The van der Waals surface area contributed by atoms with Crippen molar-refractivity contribution in [1.82, 2.24) is 9.55 Å². The Balaban J connectivity index is 2.16. The van der Waals surface area contributed by atoms with Crippen LogP contribution in [-0.2, 0) is 6.54 Å². The van der Waals surface area contributed by atoms with Crippen LogP contribution in [0.1, 0.15) is 30.1 Å². The minimum Gasteiger partial charge on any atom is -0.383 e. The molecule has 1 fully saturated rings. The lowest BCUT2D eigenvalue weighted by Crippen LogP contribution is -2.05. The summed E-state index contributed by atoms with van der Waals surface area (Å²) in [6.45, 7) is 6.29. The Bertz CT molecular complexity index is 669. The van der Waals surface area contributed by atoms with E-state index in [1.807, 2.05) is 11.5 Å². The number of benzene rings is 1. The lowest BCUT2D eigenvalue weighted by Gasteiger charge is -2.06. The summed E-state index contributed by atoms with van der Waals surface area (Å²) < 4.78 is 16.0. The highest BCUT2D eigenvalue weighted by molar-refractivity contribution is 5.72. The largest absolute Gasteiger partial charge is 0.383 e. The molecule has 1 aromatic heterocycles. The molecule has 2 N–H and O–H groups in total. The molecule has 0 spiro atoms. The quantitative estimate of drug-likeness (QED) is 0.863. The lowest BCUT2D eigenvalue weighted by atomic mass is 10.1. The second kappa shape index (κ2) is 4.78. The molecule has 0 radical (unpaired) electrons. The maximum Gasteiger partial charge on any atom is 0.132 e. The Morgan fingerprint density at radius 2 is 2.25 bits per heavy atom. The molecule has 2 aromatic rings. The van der Waals surface area contributed by atoms with Gasteiger partial charge in [0, 0.05) is 18.0 Å². The zero-order valence-electron chi connectivity index (χ0n) is 11.6. The molecule has 3 rings (SSSR count). The van der Waals surface area contributed by atoms with Crippen LogP contribution in [0, 0.1) is 12.7 Å². The second-order valence-electron chi connectivity index (χ2n) is 5.36. The van der Waals surface area contributed by atoms with E-state index in [1.54, 1.807) is 18.2 Å². The van der Waals surface area contributed by atoms with Crippen LogP contribution in [0.3, 0.4) is 0 Å². The normalized spacial score (nSPS) is 14.5. The van der Waals surface area contributed by atoms with Gasteiger partial charge in [-0.1, -0.05) is 17.7 Å². The highest BCUT2D eigenvalue weighted by Gasteiger charge is 2.31. The van der Waals surface area contributed by atoms with Crippen molar-refractivity contribution in [2.75, 3.05) is 5.73 Å². The first kappa shape index (κ1) is 12.9. The van der Waals surface area contributed by atoms with Crippen LogP contribution in [0.15, 0.2) is 30.9 Å². The number of rotatable bonds is 4. The summed E-state index contributed by atoms with van der Waals surface area (Å²) >= 11 is 0. The van der Waals surface area contributed by atoms with Crippen LogP contribution in [0.4, 0.5) is 10.2 Å². The Morgan fingerprint density at radius 3 is 2.90 bits per heavy atom. The number of aromatic nitrogens is 2. The molecule has 20 heavy (non-hydrogen) atoms. The highest BCUT2D eigenvalue weighted by Crippen LogP contribution is 2.42. The molecular weight excluding hydrogens is 253 g/mol. The summed E-state index contributed by atoms with van der Waals surface area (Å²) in [5.74, 6) is 1.65. The Kier molecular flexibility index (Phi) is 3.08. The van der Waals surface area contributed by atoms with Gasteiger partial charge in [0.05, 0.1) is 0 Å². The van der Waals surface area contributed by atoms with Crippen molar-refractivity contribution in [2.24, 2.45) is 0 Å². The molecule has 0 unspecified atom stereocenters. The molecule has 1 aliphatic rings. The first-order valence-corrected chi connectivity index (χ1v) is 6.85. The molecule has 104 valence electrons. The molecule has 1 saturated carbocycles. The van der Waals surface area contributed by atoms with E-state index in [4.69, 9.17) is 5.73 Å². The lowest BCUT2D eigenvalue weighted by molar-refractivity contribution is 0.630. The molecule has 4 heteroatoms. The number of hydrogen-bond acceptors (Lipinski definition) is 2. The maximum atomic E-state index is 14.1. The summed E-state index contributed by atoms with van der Waals surface area (Å²) in [6, 6.07) is 5.01. The van der Waals surface area contributed by atoms with Crippen molar-refractivity contribution in [1.29, 1.82) is 0 Å². The molecule has 3 nitrogen and oxygen atoms in total. The van der Waals surface area contributed by atoms with Gasteiger partial charge in [-0.15, -0.1) is 6.58 Å². The topological polar surface area (TPSA) is 43.8 Å². The fourth-order valence-electron chi connectivity index (χ4n) is 2.48. The summed E-state index contributed by atoms with van der Waals surface area (Å²) in [6.07, 6.45) is 4.05. The first-order chi connectivity index (χ1) is 9.61. The molecule has 0 saturated heterocycles. The third-order valence-electron chi connectivity index (χ3n) is 3.67. The monoisotopic (exact) mass is 271 g/mol. The van der Waals surface area contributed by atoms with Gasteiger partial charge in [0.25, 0.3) is 0 Å². The summed E-state index contributed by atoms with van der Waals surface area (Å²) in [5.41, 5.74) is 8.22. The van der Waals surface area contributed by atoms with E-state index >= 15 is 0 Å². The SMILES string of the molecule is C=CCn1c(C2CC2)nc(-c2cc(C)ccc2F)c1N. The summed E-state index contributed by atoms with van der Waals surface area (Å²) in [4.78, 5) is 4.61. The van der Waals surface area contributed by atoms with Crippen LogP contribution in [-0.4, -0.2) is 9.55 Å². The third-order valence-corrected chi connectivity index (χ3v) is 3.67. The van der Waals surface area contributed by atoms with Crippen LogP contribution in [0.5, 0.6) is 0 Å². The number of nitrogens with two attached hydrogens (primary N) is 1. The number of imidazole rings is 1. The van der Waals surface area contributed by atoms with E-state index in [0.29, 0.717) is 29.5 Å². The Morgan fingerprint density at radius 1 is 1.50 bits per heavy atom. The summed E-state index contributed by atoms with van der Waals surface area (Å²) in [7, 11) is 0. The number of anilines is 1. The van der Waals surface area contributed by atoms with Gasteiger partial charge in [-0.05, 0) is 31.9 Å². The third kappa shape index (κ3) is 2.11. The smallest absolute Gasteiger partial charge is 0.132 e. The van der Waals surface area contributed by atoms with Gasteiger partial charge in [-0.2, -0.15) is 0 Å². The fourth-order valence-corrected chi connectivity index (χ4v) is 2.48. The van der Waals surface area contributed by atoms with E-state index in [0.717, 1.165) is 24.2 Å². The van der Waals surface area contributed by atoms with Gasteiger partial charge in [0.1, 0.15) is 23.2 Å². The minimum atomic E-state index is -0.284. The van der Waals surface area contributed by atoms with Crippen LogP contribution in [0.25, 0.3) is 11.3 Å². The molecule has 0 aliphatic heterocycles. The number of allylic oxidation sites excluding steroid dienone is 1. The zero-order chi connectivity index (χ0) is 14.3. The summed E-state index contributed by atoms with van der Waals surface area (Å²) in [5, 5.41) is 0. The van der Waals surface area contributed by atoms with E-state index in [-0.39, 0.29) is 5.82 Å². The molecular formula is C16H18FN3. The van der Waals surface area contributed by atoms with Crippen molar-refractivity contribution in [2.45, 2.75) is 32.2 Å². The van der Waals surface area contributed by atoms with Gasteiger partial charge >= 0.3 is 0 Å². The van der Waals surface area contributed by atoms with E-state index < -0.39 is 0 Å². The maximum absolute atomic E-state index is 14.1. The van der Waals surface area contributed by atoms with E-state index in [1.165, 1.54) is 6.07 Å². The average molecular weight is 271 g/mol. The molecule has 1 heterocycles. The van der Waals surface area contributed by atoms with E-state index in [2.05, 4.69) is 11.6 Å². The van der Waals surface area contributed by atoms with Crippen LogP contribution >= 0.6 is 0 Å². The van der Waals surface area contributed by atoms with E-state index in [9.17, 15) is 4.39 Å². The zero-order valence-corrected chi connectivity index (χ0v) is 11.6. The van der Waals surface area contributed by atoms with Gasteiger partial charge in [-0.3, -0.25) is 0 Å². The van der Waals surface area contributed by atoms with Crippen molar-refractivity contribution in [3.05, 3.63) is 48.1 Å². The fraction of sp³-hybridized carbons (Fsp3) is 0.312. The molecule has 1 aliphatic carbocycles. The highest BCUT2D eigenvalue weighted by atomic mass is 19.1. The van der Waals surface area contributed by atoms with Gasteiger partial charge < -0.3 is 10.3 Å². The van der Waals surface area contributed by atoms with Crippen molar-refractivity contribution >= 4 is 5.82 Å². The number of nitrogens with zero attached hydrogens (tertiary/aromatic N) is 2. The Labute approximate surface area is 117 Å². The van der Waals surface area contributed by atoms with Crippen molar-refractivity contribution in [3.63, 3.8) is 0 Å².